The summed E-state index contributed by atoms with van der Waals surface area (Å²) in [4.78, 5) is 27.4. The standard InChI is InChI=1S/C21H19NO4/c23-20-15(14-26-18-10-5-4-9-17(18)20)13-22(16-7-2-1-3-8-16)21(24)19-11-6-12-25-19/h1-5,7-10,14,19H,6,11-13H2/t19-/m1/s1. The molecule has 2 heterocycles. The maximum Gasteiger partial charge on any atom is 0.256 e. The predicted octanol–water partition coefficient (Wildman–Crippen LogP) is 3.51. The number of hydrogen-bond acceptors (Lipinski definition) is 4. The van der Waals surface area contributed by atoms with Crippen molar-refractivity contribution in [2.75, 3.05) is 11.5 Å². The molecule has 0 radical (unpaired) electrons. The van der Waals surface area contributed by atoms with Crippen molar-refractivity contribution in [1.82, 2.24) is 0 Å². The van der Waals surface area contributed by atoms with E-state index in [0.717, 1.165) is 12.1 Å². The SMILES string of the molecule is O=C([C@H]1CCCO1)N(Cc1coc2ccccc2c1=O)c1ccccc1. The highest BCUT2D eigenvalue weighted by Gasteiger charge is 2.29. The van der Waals surface area contributed by atoms with Gasteiger partial charge in [0, 0.05) is 12.3 Å². The minimum Gasteiger partial charge on any atom is -0.464 e. The van der Waals surface area contributed by atoms with Gasteiger partial charge in [-0.2, -0.15) is 0 Å². The molecule has 0 N–H and O–H groups in total. The number of amides is 1. The molecule has 0 spiro atoms. The highest BCUT2D eigenvalue weighted by molar-refractivity contribution is 5.96. The molecular weight excluding hydrogens is 330 g/mol. The lowest BCUT2D eigenvalue weighted by atomic mass is 10.1. The van der Waals surface area contributed by atoms with Crippen LogP contribution in [0.5, 0.6) is 0 Å². The van der Waals surface area contributed by atoms with E-state index in [1.807, 2.05) is 36.4 Å². The Morgan fingerprint density at radius 2 is 1.85 bits per heavy atom. The van der Waals surface area contributed by atoms with Crippen molar-refractivity contribution in [3.8, 4) is 0 Å². The molecule has 0 saturated carbocycles. The molecule has 1 saturated heterocycles. The number of carbonyl (C=O) groups excluding carboxylic acids is 1. The number of para-hydroxylation sites is 2. The van der Waals surface area contributed by atoms with Crippen molar-refractivity contribution in [3.05, 3.63) is 76.6 Å². The maximum atomic E-state index is 13.0. The highest BCUT2D eigenvalue weighted by atomic mass is 16.5. The summed E-state index contributed by atoms with van der Waals surface area (Å²) in [6.45, 7) is 0.743. The first-order valence-corrected chi connectivity index (χ1v) is 8.71. The summed E-state index contributed by atoms with van der Waals surface area (Å²) in [5.74, 6) is -0.124. The topological polar surface area (TPSA) is 59.8 Å². The Balaban J connectivity index is 1.72. The molecule has 2 aromatic carbocycles. The third kappa shape index (κ3) is 3.13. The maximum absolute atomic E-state index is 13.0. The van der Waals surface area contributed by atoms with Gasteiger partial charge < -0.3 is 14.1 Å². The monoisotopic (exact) mass is 349 g/mol. The quantitative estimate of drug-likeness (QED) is 0.723. The Kier molecular flexibility index (Phi) is 4.54. The first-order chi connectivity index (χ1) is 12.7. The van der Waals surface area contributed by atoms with Crippen LogP contribution < -0.4 is 10.3 Å². The lowest BCUT2D eigenvalue weighted by Gasteiger charge is -2.25. The second-order valence-electron chi connectivity index (χ2n) is 6.35. The van der Waals surface area contributed by atoms with Gasteiger partial charge >= 0.3 is 0 Å². The van der Waals surface area contributed by atoms with Crippen LogP contribution in [-0.2, 0) is 16.1 Å². The molecule has 0 aliphatic carbocycles. The summed E-state index contributed by atoms with van der Waals surface area (Å²) in [5.41, 5.74) is 1.60. The van der Waals surface area contributed by atoms with Gasteiger partial charge in [-0.25, -0.2) is 0 Å². The third-order valence-corrected chi connectivity index (χ3v) is 4.62. The van der Waals surface area contributed by atoms with Gasteiger partial charge in [0.05, 0.1) is 23.8 Å². The Morgan fingerprint density at radius 1 is 1.08 bits per heavy atom. The Morgan fingerprint density at radius 3 is 2.62 bits per heavy atom. The van der Waals surface area contributed by atoms with Crippen LogP contribution in [0.2, 0.25) is 0 Å². The number of carbonyl (C=O) groups is 1. The van der Waals surface area contributed by atoms with E-state index < -0.39 is 6.10 Å². The first-order valence-electron chi connectivity index (χ1n) is 8.71. The molecule has 26 heavy (non-hydrogen) atoms. The van der Waals surface area contributed by atoms with E-state index >= 15 is 0 Å². The molecule has 4 rings (SSSR count). The van der Waals surface area contributed by atoms with E-state index in [2.05, 4.69) is 0 Å². The molecular formula is C21H19NO4. The van der Waals surface area contributed by atoms with Crippen molar-refractivity contribution in [2.45, 2.75) is 25.5 Å². The fourth-order valence-corrected chi connectivity index (χ4v) is 3.25. The van der Waals surface area contributed by atoms with Gasteiger partial charge in [0.1, 0.15) is 11.7 Å². The van der Waals surface area contributed by atoms with E-state index in [4.69, 9.17) is 9.15 Å². The summed E-state index contributed by atoms with van der Waals surface area (Å²) in [6, 6.07) is 16.5. The lowest BCUT2D eigenvalue weighted by Crippen LogP contribution is -2.39. The molecule has 5 nitrogen and oxygen atoms in total. The van der Waals surface area contributed by atoms with Crippen LogP contribution in [0, 0.1) is 0 Å². The van der Waals surface area contributed by atoms with Gasteiger partial charge in [-0.15, -0.1) is 0 Å². The summed E-state index contributed by atoms with van der Waals surface area (Å²) in [6.07, 6.45) is 2.57. The molecule has 3 aromatic rings. The predicted molar refractivity (Wildman–Crippen MR) is 99.1 cm³/mol. The molecule has 5 heteroatoms. The first kappa shape index (κ1) is 16.5. The fourth-order valence-electron chi connectivity index (χ4n) is 3.25. The molecule has 1 atom stereocenters. The number of rotatable bonds is 4. The van der Waals surface area contributed by atoms with Crippen molar-refractivity contribution in [1.29, 1.82) is 0 Å². The van der Waals surface area contributed by atoms with Gasteiger partial charge in [0.15, 0.2) is 5.43 Å². The van der Waals surface area contributed by atoms with Gasteiger partial charge in [0.2, 0.25) is 0 Å². The minimum absolute atomic E-state index is 0.118. The van der Waals surface area contributed by atoms with Gasteiger partial charge in [-0.05, 0) is 37.1 Å². The second kappa shape index (κ2) is 7.14. The van der Waals surface area contributed by atoms with Gasteiger partial charge in [-0.3, -0.25) is 9.59 Å². The number of ether oxygens (including phenoxy) is 1. The van der Waals surface area contributed by atoms with E-state index in [1.54, 1.807) is 23.1 Å². The molecule has 0 bridgehead atoms. The summed E-state index contributed by atoms with van der Waals surface area (Å²) < 4.78 is 11.2. The number of benzene rings is 2. The smallest absolute Gasteiger partial charge is 0.256 e. The molecule has 0 unspecified atom stereocenters. The van der Waals surface area contributed by atoms with Crippen LogP contribution >= 0.6 is 0 Å². The largest absolute Gasteiger partial charge is 0.464 e. The van der Waals surface area contributed by atoms with Crippen LogP contribution in [0.25, 0.3) is 11.0 Å². The average molecular weight is 349 g/mol. The Labute approximate surface area is 150 Å². The Hall–Kier alpha value is -2.92. The number of fused-ring (bicyclic) bond motifs is 1. The molecule has 1 aliphatic heterocycles. The van der Waals surface area contributed by atoms with Crippen molar-refractivity contribution in [2.24, 2.45) is 0 Å². The van der Waals surface area contributed by atoms with E-state index in [0.29, 0.717) is 29.6 Å². The summed E-state index contributed by atoms with van der Waals surface area (Å²) in [5, 5.41) is 0.516. The van der Waals surface area contributed by atoms with Gasteiger partial charge in [0.25, 0.3) is 5.91 Å². The molecule has 132 valence electrons. The average Bonchev–Trinajstić information content (AvgIpc) is 3.23. The zero-order valence-electron chi connectivity index (χ0n) is 14.3. The Bertz CT molecular complexity index is 974. The van der Waals surface area contributed by atoms with E-state index in [9.17, 15) is 9.59 Å². The molecule has 1 aliphatic rings. The molecule has 1 amide bonds. The van der Waals surface area contributed by atoms with E-state index in [-0.39, 0.29) is 17.9 Å². The minimum atomic E-state index is -0.456. The van der Waals surface area contributed by atoms with Crippen LogP contribution in [0.4, 0.5) is 5.69 Å². The van der Waals surface area contributed by atoms with Crippen molar-refractivity contribution >= 4 is 22.6 Å². The van der Waals surface area contributed by atoms with E-state index in [1.165, 1.54) is 6.26 Å². The summed E-state index contributed by atoms with van der Waals surface area (Å²) in [7, 11) is 0. The zero-order valence-corrected chi connectivity index (χ0v) is 14.3. The molecule has 1 aromatic heterocycles. The van der Waals surface area contributed by atoms with Crippen molar-refractivity contribution < 1.29 is 13.9 Å². The molecule has 1 fully saturated rings. The second-order valence-corrected chi connectivity index (χ2v) is 6.35. The fraction of sp³-hybridized carbons (Fsp3) is 0.238. The number of hydrogen-bond donors (Lipinski definition) is 0. The number of nitrogens with zero attached hydrogens (tertiary/aromatic N) is 1. The highest BCUT2D eigenvalue weighted by Crippen LogP contribution is 2.22. The van der Waals surface area contributed by atoms with Crippen LogP contribution in [0.15, 0.2) is 70.1 Å². The zero-order chi connectivity index (χ0) is 17.9. The third-order valence-electron chi connectivity index (χ3n) is 4.62. The summed E-state index contributed by atoms with van der Waals surface area (Å²) >= 11 is 0. The van der Waals surface area contributed by atoms with Gasteiger partial charge in [-0.1, -0.05) is 30.3 Å². The number of anilines is 1. The van der Waals surface area contributed by atoms with Crippen LogP contribution in [0.1, 0.15) is 18.4 Å². The van der Waals surface area contributed by atoms with Crippen LogP contribution in [-0.4, -0.2) is 18.6 Å². The lowest BCUT2D eigenvalue weighted by molar-refractivity contribution is -0.127. The van der Waals surface area contributed by atoms with Crippen molar-refractivity contribution in [3.63, 3.8) is 0 Å². The van der Waals surface area contributed by atoms with Crippen LogP contribution in [0.3, 0.4) is 0 Å². The normalized spacial score (nSPS) is 16.7.